The molecule has 0 bridgehead atoms. The predicted molar refractivity (Wildman–Crippen MR) is 104 cm³/mol. The van der Waals surface area contributed by atoms with Crippen LogP contribution in [0.25, 0.3) is 0 Å². The molecule has 6 nitrogen and oxygen atoms in total. The van der Waals surface area contributed by atoms with E-state index in [9.17, 15) is 0 Å². The van der Waals surface area contributed by atoms with Crippen molar-refractivity contribution < 1.29 is 4.74 Å². The second-order valence-corrected chi connectivity index (χ2v) is 6.27. The molecule has 134 valence electrons. The molecule has 0 aliphatic heterocycles. The van der Waals surface area contributed by atoms with Crippen molar-refractivity contribution in [2.45, 2.75) is 26.5 Å². The van der Waals surface area contributed by atoms with E-state index >= 15 is 0 Å². The van der Waals surface area contributed by atoms with Gasteiger partial charge in [0.1, 0.15) is 5.75 Å². The standard InChI is InChI=1S/C20H23N5O/c1-15(2)26-18-12-8-7-11-17(18)22-19-13-21-24-20(23-19)25(3)14-16-9-5-4-6-10-16/h4-13,15H,14H2,1-3H3,(H,22,23,24). The number of aromatic nitrogens is 3. The van der Waals surface area contributed by atoms with Crippen molar-refractivity contribution >= 4 is 17.5 Å². The molecular formula is C20H23N5O. The average molecular weight is 349 g/mol. The summed E-state index contributed by atoms with van der Waals surface area (Å²) in [4.78, 5) is 6.53. The highest BCUT2D eigenvalue weighted by atomic mass is 16.5. The van der Waals surface area contributed by atoms with Crippen LogP contribution in [0.1, 0.15) is 19.4 Å². The van der Waals surface area contributed by atoms with E-state index < -0.39 is 0 Å². The normalized spacial score (nSPS) is 10.6. The number of anilines is 3. The highest BCUT2D eigenvalue weighted by Gasteiger charge is 2.10. The van der Waals surface area contributed by atoms with E-state index in [0.29, 0.717) is 18.3 Å². The van der Waals surface area contributed by atoms with Crippen LogP contribution in [0, 0.1) is 0 Å². The van der Waals surface area contributed by atoms with Gasteiger partial charge in [-0.1, -0.05) is 42.5 Å². The molecule has 6 heteroatoms. The monoisotopic (exact) mass is 349 g/mol. The number of hydrogen-bond donors (Lipinski definition) is 1. The Kier molecular flexibility index (Phi) is 5.63. The number of rotatable bonds is 7. The average Bonchev–Trinajstić information content (AvgIpc) is 2.64. The van der Waals surface area contributed by atoms with E-state index in [0.717, 1.165) is 11.4 Å². The van der Waals surface area contributed by atoms with Gasteiger partial charge in [0.15, 0.2) is 5.82 Å². The second kappa shape index (κ2) is 8.29. The Labute approximate surface area is 153 Å². The Morgan fingerprint density at radius 3 is 2.54 bits per heavy atom. The van der Waals surface area contributed by atoms with Crippen molar-refractivity contribution in [3.05, 3.63) is 66.4 Å². The van der Waals surface area contributed by atoms with Gasteiger partial charge in [-0.05, 0) is 31.5 Å². The summed E-state index contributed by atoms with van der Waals surface area (Å²) in [6, 6.07) is 18.0. The molecular weight excluding hydrogens is 326 g/mol. The molecule has 3 aromatic rings. The van der Waals surface area contributed by atoms with E-state index in [2.05, 4.69) is 32.6 Å². The zero-order valence-electron chi connectivity index (χ0n) is 15.3. The largest absolute Gasteiger partial charge is 0.489 e. The first-order valence-corrected chi connectivity index (χ1v) is 8.59. The Morgan fingerprint density at radius 2 is 1.77 bits per heavy atom. The highest BCUT2D eigenvalue weighted by molar-refractivity contribution is 5.64. The summed E-state index contributed by atoms with van der Waals surface area (Å²) in [5.41, 5.74) is 2.03. The fourth-order valence-corrected chi connectivity index (χ4v) is 2.51. The zero-order chi connectivity index (χ0) is 18.4. The third kappa shape index (κ3) is 4.69. The molecule has 0 unspecified atom stereocenters. The molecule has 0 amide bonds. The highest BCUT2D eigenvalue weighted by Crippen LogP contribution is 2.27. The van der Waals surface area contributed by atoms with Gasteiger partial charge in [-0.2, -0.15) is 10.1 Å². The second-order valence-electron chi connectivity index (χ2n) is 6.27. The van der Waals surface area contributed by atoms with Crippen molar-refractivity contribution in [2.24, 2.45) is 0 Å². The SMILES string of the molecule is CC(C)Oc1ccccc1Nc1cnnc(N(C)Cc2ccccc2)n1. The number of para-hydroxylation sites is 2. The first-order chi connectivity index (χ1) is 12.6. The van der Waals surface area contributed by atoms with Crippen LogP contribution in [-0.4, -0.2) is 28.3 Å². The van der Waals surface area contributed by atoms with Crippen LogP contribution < -0.4 is 15.0 Å². The van der Waals surface area contributed by atoms with Crippen molar-refractivity contribution in [1.82, 2.24) is 15.2 Å². The van der Waals surface area contributed by atoms with E-state index in [1.54, 1.807) is 6.20 Å². The Balaban J connectivity index is 1.76. The molecule has 2 aromatic carbocycles. The van der Waals surface area contributed by atoms with E-state index in [4.69, 9.17) is 4.74 Å². The first-order valence-electron chi connectivity index (χ1n) is 8.59. The minimum atomic E-state index is 0.0917. The molecule has 1 N–H and O–H groups in total. The number of nitrogens with zero attached hydrogens (tertiary/aromatic N) is 4. The van der Waals surface area contributed by atoms with E-state index in [1.807, 2.05) is 68.3 Å². The lowest BCUT2D eigenvalue weighted by molar-refractivity contribution is 0.244. The summed E-state index contributed by atoms with van der Waals surface area (Å²) in [5.74, 6) is 1.95. The fourth-order valence-electron chi connectivity index (χ4n) is 2.51. The summed E-state index contributed by atoms with van der Waals surface area (Å²) < 4.78 is 5.84. The van der Waals surface area contributed by atoms with Gasteiger partial charge < -0.3 is 15.0 Å². The Bertz CT molecular complexity index is 838. The quantitative estimate of drug-likeness (QED) is 0.694. The molecule has 1 aromatic heterocycles. The van der Waals surface area contributed by atoms with Crippen LogP contribution in [0.15, 0.2) is 60.8 Å². The molecule has 0 spiro atoms. The molecule has 3 rings (SSSR count). The lowest BCUT2D eigenvalue weighted by Gasteiger charge is -2.18. The molecule has 0 fully saturated rings. The summed E-state index contributed by atoms with van der Waals surface area (Å²) in [5, 5.41) is 11.5. The maximum Gasteiger partial charge on any atom is 0.247 e. The summed E-state index contributed by atoms with van der Waals surface area (Å²) >= 11 is 0. The molecule has 0 atom stereocenters. The third-order valence-corrected chi connectivity index (χ3v) is 3.66. The maximum atomic E-state index is 5.84. The van der Waals surface area contributed by atoms with Gasteiger partial charge in [0.2, 0.25) is 5.95 Å². The van der Waals surface area contributed by atoms with Gasteiger partial charge in [0.05, 0.1) is 18.0 Å². The Morgan fingerprint density at radius 1 is 1.04 bits per heavy atom. The maximum absolute atomic E-state index is 5.84. The summed E-state index contributed by atoms with van der Waals surface area (Å²) in [6.45, 7) is 4.71. The van der Waals surface area contributed by atoms with Crippen LogP contribution in [0.3, 0.4) is 0 Å². The smallest absolute Gasteiger partial charge is 0.247 e. The third-order valence-electron chi connectivity index (χ3n) is 3.66. The van der Waals surface area contributed by atoms with Gasteiger partial charge in [-0.3, -0.25) is 0 Å². The molecule has 0 radical (unpaired) electrons. The van der Waals surface area contributed by atoms with Crippen LogP contribution in [0.2, 0.25) is 0 Å². The number of hydrogen-bond acceptors (Lipinski definition) is 6. The van der Waals surface area contributed by atoms with Gasteiger partial charge in [0.25, 0.3) is 0 Å². The fraction of sp³-hybridized carbons (Fsp3) is 0.250. The minimum absolute atomic E-state index is 0.0917. The van der Waals surface area contributed by atoms with Crippen molar-refractivity contribution in [1.29, 1.82) is 0 Å². The van der Waals surface area contributed by atoms with Crippen molar-refractivity contribution in [3.8, 4) is 5.75 Å². The van der Waals surface area contributed by atoms with Crippen molar-refractivity contribution in [2.75, 3.05) is 17.3 Å². The Hall–Kier alpha value is -3.15. The predicted octanol–water partition coefficient (Wildman–Crippen LogP) is 4.04. The molecule has 0 saturated heterocycles. The number of benzene rings is 2. The van der Waals surface area contributed by atoms with Gasteiger partial charge >= 0.3 is 0 Å². The lowest BCUT2D eigenvalue weighted by Crippen LogP contribution is -2.20. The molecule has 0 aliphatic carbocycles. The summed E-state index contributed by atoms with van der Waals surface area (Å²) in [6.07, 6.45) is 1.69. The molecule has 1 heterocycles. The number of nitrogens with one attached hydrogen (secondary N) is 1. The van der Waals surface area contributed by atoms with E-state index in [1.165, 1.54) is 5.56 Å². The van der Waals surface area contributed by atoms with Gasteiger partial charge in [-0.15, -0.1) is 5.10 Å². The van der Waals surface area contributed by atoms with Crippen LogP contribution >= 0.6 is 0 Å². The summed E-state index contributed by atoms with van der Waals surface area (Å²) in [7, 11) is 1.95. The van der Waals surface area contributed by atoms with Crippen LogP contribution in [-0.2, 0) is 6.54 Å². The lowest BCUT2D eigenvalue weighted by atomic mass is 10.2. The van der Waals surface area contributed by atoms with Crippen LogP contribution in [0.5, 0.6) is 5.75 Å². The van der Waals surface area contributed by atoms with Crippen LogP contribution in [0.4, 0.5) is 17.5 Å². The topological polar surface area (TPSA) is 63.2 Å². The first kappa shape index (κ1) is 17.7. The molecule has 0 aliphatic rings. The van der Waals surface area contributed by atoms with Gasteiger partial charge in [-0.25, -0.2) is 0 Å². The number of ether oxygens (including phenoxy) is 1. The molecule has 26 heavy (non-hydrogen) atoms. The van der Waals surface area contributed by atoms with E-state index in [-0.39, 0.29) is 6.10 Å². The zero-order valence-corrected chi connectivity index (χ0v) is 15.3. The molecule has 0 saturated carbocycles. The van der Waals surface area contributed by atoms with Gasteiger partial charge in [0, 0.05) is 13.6 Å². The minimum Gasteiger partial charge on any atom is -0.489 e. The van der Waals surface area contributed by atoms with Crippen molar-refractivity contribution in [3.63, 3.8) is 0 Å².